The van der Waals surface area contributed by atoms with E-state index in [4.69, 9.17) is 0 Å². The first-order chi connectivity index (χ1) is 12.3. The second-order valence-corrected chi connectivity index (χ2v) is 12.3. The van der Waals surface area contributed by atoms with Gasteiger partial charge in [-0.2, -0.15) is 0 Å². The van der Waals surface area contributed by atoms with E-state index in [9.17, 15) is 9.18 Å². The summed E-state index contributed by atoms with van der Waals surface area (Å²) < 4.78 is 13.3. The van der Waals surface area contributed by atoms with E-state index in [-0.39, 0.29) is 11.7 Å². The Morgan fingerprint density at radius 3 is 2.42 bits per heavy atom. The number of pyridine rings is 1. The summed E-state index contributed by atoms with van der Waals surface area (Å²) in [5.74, 6) is -0.531. The van der Waals surface area contributed by atoms with Crippen molar-refractivity contribution in [2.45, 2.75) is 19.6 Å². The normalized spacial score (nSPS) is 12.2. The van der Waals surface area contributed by atoms with Crippen LogP contribution in [0.2, 0.25) is 19.6 Å². The number of anilines is 1. The van der Waals surface area contributed by atoms with Crippen LogP contribution in [0.1, 0.15) is 5.56 Å². The zero-order valence-corrected chi connectivity index (χ0v) is 16.1. The molecule has 0 aliphatic carbocycles. The van der Waals surface area contributed by atoms with E-state index in [2.05, 4.69) is 29.9 Å². The van der Waals surface area contributed by atoms with Crippen LogP contribution in [-0.4, -0.2) is 19.0 Å². The fourth-order valence-electron chi connectivity index (χ4n) is 2.74. The molecule has 0 saturated heterocycles. The van der Waals surface area contributed by atoms with Crippen molar-refractivity contribution < 1.29 is 9.18 Å². The molecule has 0 radical (unpaired) electrons. The topological polar surface area (TPSA) is 42.0 Å². The highest BCUT2D eigenvalue weighted by Gasteiger charge is 2.19. The van der Waals surface area contributed by atoms with E-state index in [0.717, 1.165) is 10.9 Å². The number of nitrogens with one attached hydrogen (secondary N) is 1. The van der Waals surface area contributed by atoms with E-state index >= 15 is 0 Å². The van der Waals surface area contributed by atoms with Gasteiger partial charge in [0.2, 0.25) is 0 Å². The molecule has 3 aromatic rings. The van der Waals surface area contributed by atoms with Crippen molar-refractivity contribution in [2.75, 3.05) is 5.32 Å². The molecule has 26 heavy (non-hydrogen) atoms. The summed E-state index contributed by atoms with van der Waals surface area (Å²) in [5, 5.41) is 3.94. The molecule has 5 heteroatoms. The largest absolute Gasteiger partial charge is 0.320 e. The molecule has 0 aliphatic heterocycles. The molecule has 0 spiro atoms. The predicted molar refractivity (Wildman–Crippen MR) is 108 cm³/mol. The third-order valence-electron chi connectivity index (χ3n) is 3.86. The Bertz CT molecular complexity index is 970. The monoisotopic (exact) mass is 364 g/mol. The van der Waals surface area contributed by atoms with Crippen LogP contribution in [0.4, 0.5) is 10.1 Å². The third kappa shape index (κ3) is 4.24. The number of hydrogen-bond acceptors (Lipinski definition) is 2. The van der Waals surface area contributed by atoms with Crippen LogP contribution in [0.25, 0.3) is 16.5 Å². The second-order valence-electron chi connectivity index (χ2n) is 7.27. The van der Waals surface area contributed by atoms with Gasteiger partial charge in [-0.15, -0.1) is 0 Å². The number of para-hydroxylation sites is 1. The van der Waals surface area contributed by atoms with Crippen LogP contribution in [0.3, 0.4) is 0 Å². The highest BCUT2D eigenvalue weighted by molar-refractivity contribution is 6.82. The molecule has 132 valence electrons. The second kappa shape index (κ2) is 7.21. The number of amides is 1. The third-order valence-corrected chi connectivity index (χ3v) is 5.01. The number of benzene rings is 2. The maximum Gasteiger partial charge on any atom is 0.255 e. The number of rotatable bonds is 4. The van der Waals surface area contributed by atoms with Crippen LogP contribution in [-0.2, 0) is 4.79 Å². The van der Waals surface area contributed by atoms with Crippen molar-refractivity contribution in [3.05, 3.63) is 77.9 Å². The fraction of sp³-hybridized carbons (Fsp3) is 0.143. The Labute approximate surface area is 153 Å². The molecule has 1 aromatic heterocycles. The number of hydrogen-bond donors (Lipinski definition) is 1. The maximum absolute atomic E-state index is 13.3. The van der Waals surface area contributed by atoms with Gasteiger partial charge in [0, 0.05) is 17.2 Å². The van der Waals surface area contributed by atoms with Crippen LogP contribution in [0.5, 0.6) is 0 Å². The summed E-state index contributed by atoms with van der Waals surface area (Å²) in [5.41, 5.74) is 4.72. The minimum atomic E-state index is -1.68. The summed E-state index contributed by atoms with van der Waals surface area (Å²) in [6.45, 7) is 6.47. The Balaban J connectivity index is 2.00. The van der Waals surface area contributed by atoms with Crippen molar-refractivity contribution in [3.63, 3.8) is 0 Å². The Kier molecular flexibility index (Phi) is 5.00. The summed E-state index contributed by atoms with van der Waals surface area (Å²) in [4.78, 5) is 17.4. The molecule has 0 aliphatic rings. The first-order valence-corrected chi connectivity index (χ1v) is 12.1. The minimum absolute atomic E-state index is 0.211. The predicted octanol–water partition coefficient (Wildman–Crippen LogP) is 5.27. The van der Waals surface area contributed by atoms with Crippen LogP contribution < -0.4 is 5.32 Å². The first-order valence-electron chi connectivity index (χ1n) is 8.47. The molecule has 3 nitrogen and oxygen atoms in total. The summed E-state index contributed by atoms with van der Waals surface area (Å²) in [7, 11) is -1.68. The molecule has 1 amide bonds. The average molecular weight is 364 g/mol. The zero-order chi connectivity index (χ0) is 18.7. The van der Waals surface area contributed by atoms with Gasteiger partial charge in [-0.25, -0.2) is 4.39 Å². The zero-order valence-electron chi connectivity index (χ0n) is 15.1. The van der Waals surface area contributed by atoms with Crippen molar-refractivity contribution in [1.29, 1.82) is 0 Å². The highest BCUT2D eigenvalue weighted by atomic mass is 28.3. The molecular formula is C21H21FN2OSi. The van der Waals surface area contributed by atoms with Crippen LogP contribution >= 0.6 is 0 Å². The lowest BCUT2D eigenvalue weighted by atomic mass is 10.1. The number of aromatic nitrogens is 1. The average Bonchev–Trinajstić information content (AvgIpc) is 2.60. The van der Waals surface area contributed by atoms with Gasteiger partial charge < -0.3 is 5.32 Å². The number of halogens is 1. The number of nitrogens with zero attached hydrogens (tertiary/aromatic N) is 1. The molecule has 0 unspecified atom stereocenters. The van der Waals surface area contributed by atoms with E-state index in [0.29, 0.717) is 16.8 Å². The highest BCUT2D eigenvalue weighted by Crippen LogP contribution is 2.24. The molecule has 0 fully saturated rings. The molecule has 1 heterocycles. The van der Waals surface area contributed by atoms with E-state index < -0.39 is 8.07 Å². The SMILES string of the molecule is C[Si](C)(C)/C=C(/C(=O)Nc1cccc2cccnc12)c1ccc(F)cc1. The van der Waals surface area contributed by atoms with E-state index in [1.807, 2.05) is 36.0 Å². The smallest absolute Gasteiger partial charge is 0.255 e. The number of carbonyl (C=O) groups is 1. The number of carbonyl (C=O) groups excluding carboxylic acids is 1. The van der Waals surface area contributed by atoms with Crippen molar-refractivity contribution in [2.24, 2.45) is 0 Å². The van der Waals surface area contributed by atoms with Crippen LogP contribution in [0, 0.1) is 5.82 Å². The van der Waals surface area contributed by atoms with Crippen molar-refractivity contribution >= 4 is 36.1 Å². The molecule has 0 atom stereocenters. The molecular weight excluding hydrogens is 343 g/mol. The van der Waals surface area contributed by atoms with Gasteiger partial charge in [0.15, 0.2) is 0 Å². The van der Waals surface area contributed by atoms with Gasteiger partial charge in [-0.3, -0.25) is 9.78 Å². The fourth-order valence-corrected chi connectivity index (χ4v) is 3.90. The molecule has 1 N–H and O–H groups in total. The van der Waals surface area contributed by atoms with Crippen molar-refractivity contribution in [3.8, 4) is 0 Å². The van der Waals surface area contributed by atoms with Gasteiger partial charge >= 0.3 is 0 Å². The standard InChI is InChI=1S/C21H21FN2OSi/c1-26(2,3)14-18(15-9-11-17(22)12-10-15)21(25)24-19-8-4-6-16-7-5-13-23-20(16)19/h4-14H,1-3H3,(H,24,25)/b18-14+. The Hall–Kier alpha value is -2.79. The van der Waals surface area contributed by atoms with E-state index in [1.165, 1.54) is 12.1 Å². The summed E-state index contributed by atoms with van der Waals surface area (Å²) >= 11 is 0. The number of fused-ring (bicyclic) bond motifs is 1. The minimum Gasteiger partial charge on any atom is -0.320 e. The quantitative estimate of drug-likeness (QED) is 0.506. The van der Waals surface area contributed by atoms with Gasteiger partial charge in [0.25, 0.3) is 5.91 Å². The van der Waals surface area contributed by atoms with Crippen molar-refractivity contribution in [1.82, 2.24) is 4.98 Å². The molecule has 0 saturated carbocycles. The lowest BCUT2D eigenvalue weighted by Crippen LogP contribution is -2.21. The van der Waals surface area contributed by atoms with Gasteiger partial charge in [-0.05, 0) is 29.8 Å². The van der Waals surface area contributed by atoms with Gasteiger partial charge in [-0.1, -0.05) is 55.7 Å². The van der Waals surface area contributed by atoms with Gasteiger partial charge in [0.05, 0.1) is 19.3 Å². The molecule has 2 aromatic carbocycles. The van der Waals surface area contributed by atoms with Crippen LogP contribution in [0.15, 0.2) is 66.5 Å². The molecule has 3 rings (SSSR count). The lowest BCUT2D eigenvalue weighted by molar-refractivity contribution is -0.111. The summed E-state index contributed by atoms with van der Waals surface area (Å²) in [6.07, 6.45) is 1.71. The lowest BCUT2D eigenvalue weighted by Gasteiger charge is -2.16. The van der Waals surface area contributed by atoms with E-state index in [1.54, 1.807) is 18.3 Å². The maximum atomic E-state index is 13.3. The van der Waals surface area contributed by atoms with Gasteiger partial charge in [0.1, 0.15) is 5.82 Å². The summed E-state index contributed by atoms with van der Waals surface area (Å²) in [6, 6.07) is 15.5. The Morgan fingerprint density at radius 2 is 1.73 bits per heavy atom. The Morgan fingerprint density at radius 1 is 1.04 bits per heavy atom. The first kappa shape index (κ1) is 18.0. The molecule has 0 bridgehead atoms.